The first kappa shape index (κ1) is 10.8. The van der Waals surface area contributed by atoms with E-state index in [0.717, 1.165) is 37.2 Å². The van der Waals surface area contributed by atoms with Crippen LogP contribution in [0.25, 0.3) is 0 Å². The summed E-state index contributed by atoms with van der Waals surface area (Å²) >= 11 is 0. The summed E-state index contributed by atoms with van der Waals surface area (Å²) in [7, 11) is 0. The number of nitrogens with one attached hydrogen (secondary N) is 3. The van der Waals surface area contributed by atoms with Gasteiger partial charge in [0.2, 0.25) is 0 Å². The predicted octanol–water partition coefficient (Wildman–Crippen LogP) is 1.07. The third-order valence-corrected chi connectivity index (χ3v) is 3.33. The molecule has 1 aromatic rings. The maximum Gasteiger partial charge on any atom is 0.131 e. The highest BCUT2D eigenvalue weighted by Gasteiger charge is 2.21. The minimum absolute atomic E-state index is 0.636. The molecule has 1 atom stereocenters. The van der Waals surface area contributed by atoms with Crippen LogP contribution in [0.3, 0.4) is 0 Å². The first-order chi connectivity index (χ1) is 8.40. The van der Waals surface area contributed by atoms with Gasteiger partial charge in [0.15, 0.2) is 0 Å². The molecular weight excluding hydrogens is 214 g/mol. The molecule has 3 rings (SSSR count). The maximum absolute atomic E-state index is 4.25. The van der Waals surface area contributed by atoms with Gasteiger partial charge in [-0.25, -0.2) is 9.97 Å². The van der Waals surface area contributed by atoms with Gasteiger partial charge in [0.05, 0.1) is 0 Å². The van der Waals surface area contributed by atoms with Crippen molar-refractivity contribution in [2.75, 3.05) is 30.3 Å². The fourth-order valence-corrected chi connectivity index (χ4v) is 2.11. The summed E-state index contributed by atoms with van der Waals surface area (Å²) in [6.45, 7) is 3.25. The van der Waals surface area contributed by atoms with Crippen LogP contribution >= 0.6 is 0 Å². The van der Waals surface area contributed by atoms with Crippen LogP contribution in [-0.4, -0.2) is 35.6 Å². The van der Waals surface area contributed by atoms with Gasteiger partial charge in [-0.3, -0.25) is 0 Å². The molecule has 2 fully saturated rings. The quantitative estimate of drug-likeness (QED) is 0.710. The van der Waals surface area contributed by atoms with Gasteiger partial charge >= 0.3 is 0 Å². The molecule has 0 bridgehead atoms. The van der Waals surface area contributed by atoms with Gasteiger partial charge in [0, 0.05) is 18.7 Å². The van der Waals surface area contributed by atoms with Crippen molar-refractivity contribution in [2.24, 2.45) is 5.92 Å². The smallest absolute Gasteiger partial charge is 0.131 e. The molecule has 0 amide bonds. The van der Waals surface area contributed by atoms with E-state index in [1.165, 1.54) is 19.3 Å². The lowest BCUT2D eigenvalue weighted by Gasteiger charge is -2.11. The maximum atomic E-state index is 4.25. The molecule has 2 aliphatic rings. The van der Waals surface area contributed by atoms with Gasteiger partial charge in [0.1, 0.15) is 18.0 Å². The molecule has 2 heterocycles. The SMILES string of the molecule is c1nc(NCC2CCNC2)cc(NC2CC2)n1. The Bertz CT molecular complexity index is 371. The minimum atomic E-state index is 0.636. The van der Waals surface area contributed by atoms with E-state index in [9.17, 15) is 0 Å². The van der Waals surface area contributed by atoms with Crippen molar-refractivity contribution in [1.29, 1.82) is 0 Å². The zero-order valence-electron chi connectivity index (χ0n) is 9.95. The standard InChI is InChI=1S/C12H19N5/c1-2-10(1)17-12-5-11(15-8-16-12)14-7-9-3-4-13-6-9/h5,8-10,13H,1-4,6-7H2,(H2,14,15,16,17). The minimum Gasteiger partial charge on any atom is -0.370 e. The zero-order chi connectivity index (χ0) is 11.5. The molecule has 17 heavy (non-hydrogen) atoms. The number of aromatic nitrogens is 2. The average molecular weight is 233 g/mol. The largest absolute Gasteiger partial charge is 0.370 e. The molecule has 5 heteroatoms. The molecule has 5 nitrogen and oxygen atoms in total. The van der Waals surface area contributed by atoms with Crippen molar-refractivity contribution in [3.63, 3.8) is 0 Å². The molecule has 92 valence electrons. The van der Waals surface area contributed by atoms with E-state index in [4.69, 9.17) is 0 Å². The Morgan fingerprint density at radius 3 is 2.88 bits per heavy atom. The number of nitrogens with zero attached hydrogens (tertiary/aromatic N) is 2. The normalized spacial score (nSPS) is 23.6. The molecule has 1 saturated carbocycles. The molecule has 3 N–H and O–H groups in total. The van der Waals surface area contributed by atoms with Crippen molar-refractivity contribution in [2.45, 2.75) is 25.3 Å². The molecule has 1 aliphatic heterocycles. The van der Waals surface area contributed by atoms with Gasteiger partial charge in [-0.2, -0.15) is 0 Å². The highest BCUT2D eigenvalue weighted by atomic mass is 15.1. The van der Waals surface area contributed by atoms with Crippen molar-refractivity contribution < 1.29 is 0 Å². The molecule has 1 aliphatic carbocycles. The van der Waals surface area contributed by atoms with Crippen LogP contribution in [0.15, 0.2) is 12.4 Å². The molecule has 1 saturated heterocycles. The second kappa shape index (κ2) is 4.87. The monoisotopic (exact) mass is 233 g/mol. The summed E-state index contributed by atoms with van der Waals surface area (Å²) in [5.41, 5.74) is 0. The summed E-state index contributed by atoms with van der Waals surface area (Å²) in [5.74, 6) is 2.59. The average Bonchev–Trinajstić information content (AvgIpc) is 3.00. The van der Waals surface area contributed by atoms with Crippen LogP contribution in [0, 0.1) is 5.92 Å². The van der Waals surface area contributed by atoms with Crippen LogP contribution in [0.4, 0.5) is 11.6 Å². The molecule has 0 radical (unpaired) electrons. The summed E-state index contributed by atoms with van der Waals surface area (Å²) in [6.07, 6.45) is 5.41. The van der Waals surface area contributed by atoms with Crippen LogP contribution in [-0.2, 0) is 0 Å². The number of hydrogen-bond acceptors (Lipinski definition) is 5. The van der Waals surface area contributed by atoms with E-state index >= 15 is 0 Å². The molecule has 1 aromatic heterocycles. The molecule has 0 spiro atoms. The van der Waals surface area contributed by atoms with Crippen molar-refractivity contribution in [3.8, 4) is 0 Å². The van der Waals surface area contributed by atoms with E-state index in [0.29, 0.717) is 6.04 Å². The molecule has 0 aromatic carbocycles. The summed E-state index contributed by atoms with van der Waals surface area (Å²) in [5, 5.41) is 10.1. The Morgan fingerprint density at radius 1 is 1.24 bits per heavy atom. The Morgan fingerprint density at radius 2 is 2.12 bits per heavy atom. The van der Waals surface area contributed by atoms with Gasteiger partial charge in [0.25, 0.3) is 0 Å². The van der Waals surface area contributed by atoms with Crippen LogP contribution in [0.1, 0.15) is 19.3 Å². The topological polar surface area (TPSA) is 61.9 Å². The number of anilines is 2. The lowest BCUT2D eigenvalue weighted by atomic mass is 10.1. The van der Waals surface area contributed by atoms with E-state index in [-0.39, 0.29) is 0 Å². The summed E-state index contributed by atoms with van der Waals surface area (Å²) in [4.78, 5) is 8.47. The van der Waals surface area contributed by atoms with Gasteiger partial charge in [-0.05, 0) is 38.3 Å². The lowest BCUT2D eigenvalue weighted by Crippen LogP contribution is -2.17. The van der Waals surface area contributed by atoms with E-state index in [1.807, 2.05) is 6.07 Å². The van der Waals surface area contributed by atoms with Crippen LogP contribution in [0.5, 0.6) is 0 Å². The highest BCUT2D eigenvalue weighted by molar-refractivity contribution is 5.47. The first-order valence-electron chi connectivity index (χ1n) is 6.43. The molecule has 1 unspecified atom stereocenters. The Kier molecular flexibility index (Phi) is 3.09. The fraction of sp³-hybridized carbons (Fsp3) is 0.667. The predicted molar refractivity (Wildman–Crippen MR) is 68.1 cm³/mol. The summed E-state index contributed by atoms with van der Waals surface area (Å²) < 4.78 is 0. The van der Waals surface area contributed by atoms with Crippen molar-refractivity contribution in [1.82, 2.24) is 15.3 Å². The number of hydrogen-bond donors (Lipinski definition) is 3. The first-order valence-corrected chi connectivity index (χ1v) is 6.43. The van der Waals surface area contributed by atoms with Crippen LogP contribution < -0.4 is 16.0 Å². The zero-order valence-corrected chi connectivity index (χ0v) is 9.95. The third-order valence-electron chi connectivity index (χ3n) is 3.33. The second-order valence-corrected chi connectivity index (χ2v) is 4.95. The van der Waals surface area contributed by atoms with E-state index < -0.39 is 0 Å². The highest BCUT2D eigenvalue weighted by Crippen LogP contribution is 2.24. The number of rotatable bonds is 5. The Labute approximate surface area is 101 Å². The molecular formula is C12H19N5. The lowest BCUT2D eigenvalue weighted by molar-refractivity contribution is 0.614. The van der Waals surface area contributed by atoms with Gasteiger partial charge < -0.3 is 16.0 Å². The Balaban J connectivity index is 1.53. The van der Waals surface area contributed by atoms with Gasteiger partial charge in [-0.1, -0.05) is 0 Å². The van der Waals surface area contributed by atoms with Crippen molar-refractivity contribution >= 4 is 11.6 Å². The Hall–Kier alpha value is -1.36. The van der Waals surface area contributed by atoms with Crippen LogP contribution in [0.2, 0.25) is 0 Å². The van der Waals surface area contributed by atoms with E-state index in [2.05, 4.69) is 25.9 Å². The van der Waals surface area contributed by atoms with E-state index in [1.54, 1.807) is 6.33 Å². The third kappa shape index (κ3) is 3.06. The van der Waals surface area contributed by atoms with Gasteiger partial charge in [-0.15, -0.1) is 0 Å². The fourth-order valence-electron chi connectivity index (χ4n) is 2.11. The van der Waals surface area contributed by atoms with Crippen molar-refractivity contribution in [3.05, 3.63) is 12.4 Å². The summed E-state index contributed by atoms with van der Waals surface area (Å²) in [6, 6.07) is 2.64. The second-order valence-electron chi connectivity index (χ2n) is 4.95.